The van der Waals surface area contributed by atoms with Crippen molar-refractivity contribution in [1.82, 2.24) is 4.48 Å². The monoisotopic (exact) mass is 605 g/mol. The molecular weight excluding hydrogens is 587 g/mol. The summed E-state index contributed by atoms with van der Waals surface area (Å²) >= 11 is 24.2. The Morgan fingerprint density at radius 2 is 1.67 bits per heavy atom. The molecule has 0 saturated carbocycles. The lowest BCUT2D eigenvalue weighted by Crippen LogP contribution is -2.50. The van der Waals surface area contributed by atoms with Crippen LogP contribution in [0.25, 0.3) is 0 Å². The number of amides is 1. The zero-order valence-corrected chi connectivity index (χ0v) is 22.9. The summed E-state index contributed by atoms with van der Waals surface area (Å²) in [5.74, 6) is -1.51. The lowest BCUT2D eigenvalue weighted by atomic mass is 9.86. The molecule has 1 unspecified atom stereocenters. The molecule has 1 heterocycles. The van der Waals surface area contributed by atoms with Gasteiger partial charge in [-0.25, -0.2) is 17.7 Å². The molecule has 2 aromatic rings. The van der Waals surface area contributed by atoms with Crippen LogP contribution in [0.3, 0.4) is 0 Å². The van der Waals surface area contributed by atoms with Crippen LogP contribution in [0.15, 0.2) is 35.5 Å². The van der Waals surface area contributed by atoms with Crippen LogP contribution in [-0.2, 0) is 25.1 Å². The Labute approximate surface area is 226 Å². The fourth-order valence-corrected chi connectivity index (χ4v) is 5.46. The van der Waals surface area contributed by atoms with Crippen molar-refractivity contribution in [3.8, 4) is 0 Å². The minimum absolute atomic E-state index is 0.0320. The minimum atomic E-state index is -4.90. The standard InChI is InChI=1S/C22H20Cl4F3N2O4S/c1-4-36(33,34)11-19(32)31(2,3)18-6-5-12(7-14(18)23)17-10-21(35-30-17,22(27,28)29)13-8-15(24)20(26)16(25)9-13/h5-9H,4,10-11H2,1-3H3/q+1. The van der Waals surface area contributed by atoms with Crippen molar-refractivity contribution < 1.29 is 31.2 Å². The number of carbonyl (C=O) groups is 1. The summed E-state index contributed by atoms with van der Waals surface area (Å²) in [6.07, 6.45) is -5.62. The quantitative estimate of drug-likeness (QED) is 0.281. The lowest BCUT2D eigenvalue weighted by molar-refractivity contribution is -0.275. The van der Waals surface area contributed by atoms with E-state index in [9.17, 15) is 26.4 Å². The first-order chi connectivity index (χ1) is 16.4. The first-order valence-corrected chi connectivity index (χ1v) is 13.6. The fraction of sp³-hybridized carbons (Fsp3) is 0.364. The molecule has 0 radical (unpaired) electrons. The number of rotatable bonds is 6. The van der Waals surface area contributed by atoms with Gasteiger partial charge in [-0.1, -0.05) is 58.5 Å². The molecule has 0 bridgehead atoms. The summed E-state index contributed by atoms with van der Waals surface area (Å²) in [5, 5.41) is 3.26. The van der Waals surface area contributed by atoms with E-state index in [-0.39, 0.29) is 48.4 Å². The van der Waals surface area contributed by atoms with Crippen LogP contribution in [0.4, 0.5) is 18.9 Å². The Bertz CT molecular complexity index is 1340. The number of oxime groups is 1. The van der Waals surface area contributed by atoms with Gasteiger partial charge in [-0.15, -0.1) is 0 Å². The molecule has 0 aromatic heterocycles. The number of hydrogen-bond acceptors (Lipinski definition) is 5. The molecular formula is C22H20Cl4F3N2O4S+. The molecule has 2 aromatic carbocycles. The zero-order chi connectivity index (χ0) is 27.3. The van der Waals surface area contributed by atoms with Crippen molar-refractivity contribution in [3.05, 3.63) is 61.5 Å². The molecule has 196 valence electrons. The highest BCUT2D eigenvalue weighted by molar-refractivity contribution is 7.92. The number of carbonyl (C=O) groups excluding carboxylic acids is 1. The van der Waals surface area contributed by atoms with E-state index in [1.165, 1.54) is 39.2 Å². The topological polar surface area (TPSA) is 72.8 Å². The normalized spacial score (nSPS) is 18.7. The van der Waals surface area contributed by atoms with E-state index in [0.29, 0.717) is 0 Å². The van der Waals surface area contributed by atoms with Gasteiger partial charge in [0.05, 0.1) is 34.9 Å². The van der Waals surface area contributed by atoms with Crippen molar-refractivity contribution in [2.45, 2.75) is 25.1 Å². The van der Waals surface area contributed by atoms with E-state index in [4.69, 9.17) is 51.2 Å². The Balaban J connectivity index is 1.96. The summed E-state index contributed by atoms with van der Waals surface area (Å²) < 4.78 is 66.2. The van der Waals surface area contributed by atoms with E-state index in [1.54, 1.807) is 0 Å². The predicted molar refractivity (Wildman–Crippen MR) is 136 cm³/mol. The zero-order valence-electron chi connectivity index (χ0n) is 19.1. The average Bonchev–Trinajstić information content (AvgIpc) is 3.23. The molecule has 1 amide bonds. The van der Waals surface area contributed by atoms with Crippen LogP contribution in [0, 0.1) is 0 Å². The van der Waals surface area contributed by atoms with Gasteiger partial charge in [-0.05, 0) is 24.3 Å². The minimum Gasteiger partial charge on any atom is -0.374 e. The van der Waals surface area contributed by atoms with E-state index < -0.39 is 44.2 Å². The average molecular weight is 607 g/mol. The SMILES string of the molecule is CCS(=O)(=O)CC(=O)[N+](C)(C)c1ccc(C2=NOC(c3cc(Cl)c(Cl)c(Cl)c3)(C(F)(F)F)C2)cc1Cl. The van der Waals surface area contributed by atoms with Crippen LogP contribution in [-0.4, -0.2) is 51.8 Å². The Kier molecular flexibility index (Phi) is 8.02. The van der Waals surface area contributed by atoms with Gasteiger partial charge in [0, 0.05) is 29.4 Å². The highest BCUT2D eigenvalue weighted by Crippen LogP contribution is 2.50. The fourth-order valence-electron chi connectivity index (χ4n) is 3.57. The number of alkyl halides is 3. The molecule has 3 rings (SSSR count). The molecule has 0 aliphatic carbocycles. The maximum atomic E-state index is 14.3. The lowest BCUT2D eigenvalue weighted by Gasteiger charge is -2.30. The van der Waals surface area contributed by atoms with Gasteiger partial charge >= 0.3 is 12.1 Å². The van der Waals surface area contributed by atoms with Gasteiger partial charge in [0.25, 0.3) is 5.60 Å². The molecule has 36 heavy (non-hydrogen) atoms. The van der Waals surface area contributed by atoms with Crippen molar-refractivity contribution in [2.24, 2.45) is 5.16 Å². The predicted octanol–water partition coefficient (Wildman–Crippen LogP) is 6.41. The van der Waals surface area contributed by atoms with Crippen LogP contribution >= 0.6 is 46.4 Å². The Morgan fingerprint density at radius 3 is 2.17 bits per heavy atom. The van der Waals surface area contributed by atoms with E-state index in [0.717, 1.165) is 12.1 Å². The number of benzene rings is 2. The molecule has 0 saturated heterocycles. The second kappa shape index (κ2) is 9.96. The summed E-state index contributed by atoms with van der Waals surface area (Å²) in [6, 6.07) is 6.25. The molecule has 6 nitrogen and oxygen atoms in total. The third-order valence-corrected chi connectivity index (χ3v) is 8.99. The number of hydrogen-bond donors (Lipinski definition) is 0. The van der Waals surface area contributed by atoms with Crippen molar-refractivity contribution >= 4 is 73.5 Å². The smallest absolute Gasteiger partial charge is 0.374 e. The second-order valence-electron chi connectivity index (χ2n) is 8.57. The maximum Gasteiger partial charge on any atom is 0.435 e. The summed E-state index contributed by atoms with van der Waals surface area (Å²) in [7, 11) is -0.653. The first kappa shape index (κ1) is 29.0. The first-order valence-electron chi connectivity index (χ1n) is 10.3. The Hall–Kier alpha value is -1.56. The van der Waals surface area contributed by atoms with Crippen LogP contribution in [0.2, 0.25) is 20.1 Å². The van der Waals surface area contributed by atoms with Gasteiger partial charge in [0.1, 0.15) is 5.02 Å². The Morgan fingerprint density at radius 1 is 1.08 bits per heavy atom. The van der Waals surface area contributed by atoms with Crippen LogP contribution < -0.4 is 4.48 Å². The summed E-state index contributed by atoms with van der Waals surface area (Å²) in [5.41, 5.74) is -2.83. The molecule has 14 heteroatoms. The molecule has 1 atom stereocenters. The van der Waals surface area contributed by atoms with Crippen LogP contribution in [0.1, 0.15) is 24.5 Å². The number of quaternary nitrogens is 1. The molecule has 0 fully saturated rings. The van der Waals surface area contributed by atoms with Crippen molar-refractivity contribution in [1.29, 1.82) is 0 Å². The number of sulfone groups is 1. The van der Waals surface area contributed by atoms with E-state index >= 15 is 0 Å². The van der Waals surface area contributed by atoms with E-state index in [1.807, 2.05) is 0 Å². The van der Waals surface area contributed by atoms with Crippen LogP contribution in [0.5, 0.6) is 0 Å². The largest absolute Gasteiger partial charge is 0.435 e. The highest BCUT2D eigenvalue weighted by atomic mass is 35.5. The number of nitrogens with zero attached hydrogens (tertiary/aromatic N) is 2. The van der Waals surface area contributed by atoms with E-state index in [2.05, 4.69) is 5.16 Å². The molecule has 0 N–H and O–H groups in total. The molecule has 1 aliphatic heterocycles. The van der Waals surface area contributed by atoms with Gasteiger partial charge in [-0.2, -0.15) is 13.2 Å². The van der Waals surface area contributed by atoms with Crippen molar-refractivity contribution in [3.63, 3.8) is 0 Å². The van der Waals surface area contributed by atoms with Gasteiger partial charge in [0.15, 0.2) is 21.3 Å². The van der Waals surface area contributed by atoms with Crippen molar-refractivity contribution in [2.75, 3.05) is 25.6 Å². The molecule has 0 spiro atoms. The second-order valence-corrected chi connectivity index (χ2v) is 12.5. The summed E-state index contributed by atoms with van der Waals surface area (Å²) in [6.45, 7) is 1.43. The summed E-state index contributed by atoms with van der Waals surface area (Å²) in [4.78, 5) is 17.7. The number of halogens is 7. The highest BCUT2D eigenvalue weighted by Gasteiger charge is 2.62. The molecule has 1 aliphatic rings. The van der Waals surface area contributed by atoms with Gasteiger partial charge in [0.2, 0.25) is 0 Å². The maximum absolute atomic E-state index is 14.3. The third-order valence-electron chi connectivity index (χ3n) is 5.93. The van der Waals surface area contributed by atoms with Gasteiger partial charge < -0.3 is 4.84 Å². The third kappa shape index (κ3) is 5.35. The van der Waals surface area contributed by atoms with Gasteiger partial charge in [-0.3, -0.25) is 0 Å².